The highest BCUT2D eigenvalue weighted by atomic mass is 16.5. The van der Waals surface area contributed by atoms with Crippen molar-refractivity contribution in [2.75, 3.05) is 5.73 Å². The number of ether oxygens (including phenoxy) is 1. The highest BCUT2D eigenvalue weighted by Crippen LogP contribution is 2.21. The summed E-state index contributed by atoms with van der Waals surface area (Å²) >= 11 is 0. The van der Waals surface area contributed by atoms with E-state index in [0.717, 1.165) is 12.8 Å². The average molecular weight is 221 g/mol. The number of ketones is 1. The van der Waals surface area contributed by atoms with Crippen LogP contribution in [0.5, 0.6) is 5.75 Å². The number of nitrogen functional groups attached to an aromatic ring is 1. The fourth-order valence-electron chi connectivity index (χ4n) is 1.61. The van der Waals surface area contributed by atoms with Crippen molar-refractivity contribution in [3.05, 3.63) is 23.8 Å². The summed E-state index contributed by atoms with van der Waals surface area (Å²) in [7, 11) is 0. The summed E-state index contributed by atoms with van der Waals surface area (Å²) in [4.78, 5) is 11.3. The van der Waals surface area contributed by atoms with E-state index in [1.165, 1.54) is 6.92 Å². The molecular weight excluding hydrogens is 202 g/mol. The Bertz CT molecular complexity index is 374. The summed E-state index contributed by atoms with van der Waals surface area (Å²) in [5.41, 5.74) is 6.74. The molecule has 3 heteroatoms. The molecule has 0 aliphatic rings. The van der Waals surface area contributed by atoms with Gasteiger partial charge in [-0.2, -0.15) is 0 Å². The first-order valence-corrected chi connectivity index (χ1v) is 5.61. The van der Waals surface area contributed by atoms with Crippen LogP contribution >= 0.6 is 0 Å². The zero-order chi connectivity index (χ0) is 12.1. The molecule has 0 heterocycles. The largest absolute Gasteiger partial charge is 0.491 e. The molecule has 16 heavy (non-hydrogen) atoms. The molecule has 3 nitrogen and oxygen atoms in total. The maximum Gasteiger partial charge on any atom is 0.162 e. The van der Waals surface area contributed by atoms with Crippen molar-refractivity contribution in [2.24, 2.45) is 0 Å². The summed E-state index contributed by atoms with van der Waals surface area (Å²) in [5, 5.41) is 0. The van der Waals surface area contributed by atoms with Crippen LogP contribution in [0, 0.1) is 0 Å². The van der Waals surface area contributed by atoms with Gasteiger partial charge in [0.2, 0.25) is 0 Å². The van der Waals surface area contributed by atoms with E-state index in [1.54, 1.807) is 18.2 Å². The number of rotatable bonds is 5. The quantitative estimate of drug-likeness (QED) is 0.614. The SMILES string of the molecule is CCCC(C)Oc1ccc(N)c(C(C)=O)c1. The third-order valence-electron chi connectivity index (χ3n) is 2.44. The van der Waals surface area contributed by atoms with Crippen molar-refractivity contribution in [3.8, 4) is 5.75 Å². The summed E-state index contributed by atoms with van der Waals surface area (Å²) in [6, 6.07) is 5.22. The van der Waals surface area contributed by atoms with Crippen LogP contribution < -0.4 is 10.5 Å². The first-order chi connectivity index (χ1) is 7.54. The Labute approximate surface area is 96.6 Å². The number of anilines is 1. The van der Waals surface area contributed by atoms with Gasteiger partial charge in [-0.15, -0.1) is 0 Å². The van der Waals surface area contributed by atoms with Gasteiger partial charge >= 0.3 is 0 Å². The Kier molecular flexibility index (Phi) is 4.35. The molecule has 0 spiro atoms. The van der Waals surface area contributed by atoms with E-state index in [2.05, 4.69) is 6.92 Å². The molecule has 88 valence electrons. The smallest absolute Gasteiger partial charge is 0.162 e. The third kappa shape index (κ3) is 3.26. The molecular formula is C13H19NO2. The number of hydrogen-bond donors (Lipinski definition) is 1. The molecule has 0 aliphatic carbocycles. The minimum Gasteiger partial charge on any atom is -0.491 e. The minimum absolute atomic E-state index is 0.0360. The normalized spacial score (nSPS) is 12.2. The van der Waals surface area contributed by atoms with E-state index in [1.807, 2.05) is 6.92 Å². The van der Waals surface area contributed by atoms with Gasteiger partial charge in [0.15, 0.2) is 5.78 Å². The lowest BCUT2D eigenvalue weighted by Crippen LogP contribution is -2.11. The molecule has 0 aliphatic heterocycles. The van der Waals surface area contributed by atoms with Gasteiger partial charge in [0.25, 0.3) is 0 Å². The third-order valence-corrected chi connectivity index (χ3v) is 2.44. The van der Waals surface area contributed by atoms with Crippen molar-refractivity contribution in [1.82, 2.24) is 0 Å². The number of Topliss-reactive ketones (excluding diaryl/α,β-unsaturated/α-hetero) is 1. The van der Waals surface area contributed by atoms with Crippen molar-refractivity contribution in [2.45, 2.75) is 39.7 Å². The number of nitrogens with two attached hydrogens (primary N) is 1. The number of benzene rings is 1. The van der Waals surface area contributed by atoms with Gasteiger partial charge in [0, 0.05) is 11.3 Å². The maximum absolute atomic E-state index is 11.3. The van der Waals surface area contributed by atoms with E-state index >= 15 is 0 Å². The molecule has 1 atom stereocenters. The van der Waals surface area contributed by atoms with Gasteiger partial charge in [0.05, 0.1) is 6.10 Å². The van der Waals surface area contributed by atoms with E-state index in [0.29, 0.717) is 17.0 Å². The Morgan fingerprint density at radius 1 is 1.50 bits per heavy atom. The molecule has 0 saturated heterocycles. The molecule has 0 fully saturated rings. The summed E-state index contributed by atoms with van der Waals surface area (Å²) < 4.78 is 5.69. The second-order valence-corrected chi connectivity index (χ2v) is 4.02. The van der Waals surface area contributed by atoms with Crippen LogP contribution in [-0.2, 0) is 0 Å². The van der Waals surface area contributed by atoms with Crippen LogP contribution in [0.1, 0.15) is 44.0 Å². The van der Waals surface area contributed by atoms with E-state index in [-0.39, 0.29) is 11.9 Å². The predicted octanol–water partition coefficient (Wildman–Crippen LogP) is 3.04. The second-order valence-electron chi connectivity index (χ2n) is 4.02. The molecule has 1 aromatic carbocycles. The molecule has 0 bridgehead atoms. The Morgan fingerprint density at radius 3 is 2.75 bits per heavy atom. The highest BCUT2D eigenvalue weighted by Gasteiger charge is 2.08. The molecule has 1 aromatic rings. The monoisotopic (exact) mass is 221 g/mol. The number of carbonyl (C=O) groups is 1. The van der Waals surface area contributed by atoms with Crippen LogP contribution in [-0.4, -0.2) is 11.9 Å². The lowest BCUT2D eigenvalue weighted by Gasteiger charge is -2.14. The molecule has 1 rings (SSSR count). The van der Waals surface area contributed by atoms with Crippen LogP contribution in [0.2, 0.25) is 0 Å². The standard InChI is InChI=1S/C13H19NO2/c1-4-5-9(2)16-11-6-7-13(14)12(8-11)10(3)15/h6-9H,4-5,14H2,1-3H3. The summed E-state index contributed by atoms with van der Waals surface area (Å²) in [6.45, 7) is 5.64. The van der Waals surface area contributed by atoms with E-state index < -0.39 is 0 Å². The molecule has 1 unspecified atom stereocenters. The fraction of sp³-hybridized carbons (Fsp3) is 0.462. The fourth-order valence-corrected chi connectivity index (χ4v) is 1.61. The van der Waals surface area contributed by atoms with Gasteiger partial charge in [0.1, 0.15) is 5.75 Å². The molecule has 0 radical (unpaired) electrons. The molecule has 2 N–H and O–H groups in total. The molecule has 0 amide bonds. The predicted molar refractivity (Wildman–Crippen MR) is 65.9 cm³/mol. The lowest BCUT2D eigenvalue weighted by molar-refractivity contribution is 0.101. The van der Waals surface area contributed by atoms with Crippen molar-refractivity contribution in [3.63, 3.8) is 0 Å². The van der Waals surface area contributed by atoms with Crippen molar-refractivity contribution < 1.29 is 9.53 Å². The minimum atomic E-state index is -0.0360. The van der Waals surface area contributed by atoms with Gasteiger partial charge < -0.3 is 10.5 Å². The summed E-state index contributed by atoms with van der Waals surface area (Å²) in [5.74, 6) is 0.673. The number of hydrogen-bond acceptors (Lipinski definition) is 3. The topological polar surface area (TPSA) is 52.3 Å². The van der Waals surface area contributed by atoms with E-state index in [4.69, 9.17) is 10.5 Å². The molecule has 0 saturated carbocycles. The second kappa shape index (κ2) is 5.54. The lowest BCUT2D eigenvalue weighted by atomic mass is 10.1. The van der Waals surface area contributed by atoms with Gasteiger partial charge in [-0.3, -0.25) is 4.79 Å². The Morgan fingerprint density at radius 2 is 2.19 bits per heavy atom. The van der Waals surface area contributed by atoms with E-state index in [9.17, 15) is 4.79 Å². The first-order valence-electron chi connectivity index (χ1n) is 5.61. The summed E-state index contributed by atoms with van der Waals surface area (Å²) in [6.07, 6.45) is 2.24. The molecule has 0 aromatic heterocycles. The zero-order valence-corrected chi connectivity index (χ0v) is 10.1. The van der Waals surface area contributed by atoms with Gasteiger partial charge in [-0.05, 0) is 38.5 Å². The zero-order valence-electron chi connectivity index (χ0n) is 10.1. The van der Waals surface area contributed by atoms with Crippen LogP contribution in [0.15, 0.2) is 18.2 Å². The van der Waals surface area contributed by atoms with Crippen LogP contribution in [0.25, 0.3) is 0 Å². The maximum atomic E-state index is 11.3. The van der Waals surface area contributed by atoms with Crippen LogP contribution in [0.3, 0.4) is 0 Å². The van der Waals surface area contributed by atoms with Gasteiger partial charge in [-0.25, -0.2) is 0 Å². The van der Waals surface area contributed by atoms with Gasteiger partial charge in [-0.1, -0.05) is 13.3 Å². The Balaban J connectivity index is 2.82. The average Bonchev–Trinajstić information content (AvgIpc) is 2.21. The number of carbonyl (C=O) groups excluding carboxylic acids is 1. The first kappa shape index (κ1) is 12.6. The van der Waals surface area contributed by atoms with Crippen molar-refractivity contribution in [1.29, 1.82) is 0 Å². The Hall–Kier alpha value is -1.51. The highest BCUT2D eigenvalue weighted by molar-refractivity contribution is 5.99. The van der Waals surface area contributed by atoms with Crippen molar-refractivity contribution >= 4 is 11.5 Å². The van der Waals surface area contributed by atoms with Crippen LogP contribution in [0.4, 0.5) is 5.69 Å².